The largest absolute Gasteiger partial charge is 0.146 e. The van der Waals surface area contributed by atoms with Gasteiger partial charge in [-0.15, -0.1) is 23.5 Å². The molecule has 0 aromatic rings. The molecule has 1 saturated heterocycles. The van der Waals surface area contributed by atoms with Crippen LogP contribution in [-0.2, 0) is 0 Å². The van der Waals surface area contributed by atoms with E-state index in [2.05, 4.69) is 12.0 Å². The van der Waals surface area contributed by atoms with Crippen molar-refractivity contribution in [3.63, 3.8) is 0 Å². The summed E-state index contributed by atoms with van der Waals surface area (Å²) in [5.41, 5.74) is 0. The van der Waals surface area contributed by atoms with Gasteiger partial charge in [-0.3, -0.25) is 0 Å². The van der Waals surface area contributed by atoms with Gasteiger partial charge in [-0.05, 0) is 12.2 Å². The Labute approximate surface area is 53.4 Å². The van der Waals surface area contributed by atoms with E-state index in [4.69, 9.17) is 0 Å². The first kappa shape index (κ1) is 5.83. The zero-order chi connectivity index (χ0) is 5.11. The molecule has 0 spiro atoms. The molecule has 1 atom stereocenters. The zero-order valence-corrected chi connectivity index (χ0v) is 6.02. The van der Waals surface area contributed by atoms with Crippen molar-refractivity contribution >= 4 is 23.5 Å². The van der Waals surface area contributed by atoms with Crippen molar-refractivity contribution in [3.8, 4) is 0 Å². The molecular formula is C5H9S2. The molecule has 41 valence electrons. The lowest BCUT2D eigenvalue weighted by Gasteiger charge is -2.14. The SMILES string of the molecule is CC1CCS[CH]S1. The fraction of sp³-hybridized carbons (Fsp3) is 0.800. The van der Waals surface area contributed by atoms with Gasteiger partial charge in [-0.25, -0.2) is 0 Å². The van der Waals surface area contributed by atoms with E-state index in [1.54, 1.807) is 0 Å². The van der Waals surface area contributed by atoms with Crippen LogP contribution in [0.1, 0.15) is 13.3 Å². The molecule has 0 bridgehead atoms. The van der Waals surface area contributed by atoms with Gasteiger partial charge in [0.2, 0.25) is 0 Å². The number of thioether (sulfide) groups is 2. The van der Waals surface area contributed by atoms with E-state index in [1.165, 1.54) is 12.2 Å². The summed E-state index contributed by atoms with van der Waals surface area (Å²) in [7, 11) is 0. The lowest BCUT2D eigenvalue weighted by molar-refractivity contribution is 0.917. The Morgan fingerprint density at radius 2 is 2.57 bits per heavy atom. The van der Waals surface area contributed by atoms with E-state index < -0.39 is 0 Å². The summed E-state index contributed by atoms with van der Waals surface area (Å²) in [5, 5.41) is 3.12. The Morgan fingerprint density at radius 3 is 2.86 bits per heavy atom. The molecule has 1 radical (unpaired) electrons. The molecule has 0 saturated carbocycles. The maximum Gasteiger partial charge on any atom is 0.0715 e. The molecule has 0 N–H and O–H groups in total. The highest BCUT2D eigenvalue weighted by Crippen LogP contribution is 2.31. The normalized spacial score (nSPS) is 33.0. The molecule has 0 aromatic carbocycles. The first-order valence-electron chi connectivity index (χ1n) is 2.48. The van der Waals surface area contributed by atoms with Gasteiger partial charge in [0.15, 0.2) is 0 Å². The van der Waals surface area contributed by atoms with Crippen LogP contribution in [0, 0.1) is 5.08 Å². The topological polar surface area (TPSA) is 0 Å². The van der Waals surface area contributed by atoms with Crippen molar-refractivity contribution in [3.05, 3.63) is 5.08 Å². The van der Waals surface area contributed by atoms with E-state index >= 15 is 0 Å². The number of rotatable bonds is 0. The van der Waals surface area contributed by atoms with Gasteiger partial charge < -0.3 is 0 Å². The van der Waals surface area contributed by atoms with Crippen LogP contribution in [-0.4, -0.2) is 11.0 Å². The average Bonchev–Trinajstić information content (AvgIpc) is 1.69. The third kappa shape index (κ3) is 1.96. The van der Waals surface area contributed by atoms with Gasteiger partial charge in [0.05, 0.1) is 5.08 Å². The van der Waals surface area contributed by atoms with E-state index in [0.29, 0.717) is 0 Å². The fourth-order valence-electron chi connectivity index (χ4n) is 0.484. The van der Waals surface area contributed by atoms with E-state index in [1.807, 2.05) is 23.5 Å². The summed E-state index contributed by atoms with van der Waals surface area (Å²) in [6.07, 6.45) is 1.38. The molecule has 0 aliphatic carbocycles. The van der Waals surface area contributed by atoms with Crippen LogP contribution in [0.25, 0.3) is 0 Å². The van der Waals surface area contributed by atoms with Crippen LogP contribution in [0.5, 0.6) is 0 Å². The predicted molar refractivity (Wildman–Crippen MR) is 38.4 cm³/mol. The third-order valence-electron chi connectivity index (χ3n) is 0.998. The molecule has 1 fully saturated rings. The summed E-state index contributed by atoms with van der Waals surface area (Å²) in [5.74, 6) is 1.33. The summed E-state index contributed by atoms with van der Waals surface area (Å²) in [4.78, 5) is 0. The lowest BCUT2D eigenvalue weighted by atomic mass is 10.4. The molecule has 0 amide bonds. The zero-order valence-electron chi connectivity index (χ0n) is 4.39. The van der Waals surface area contributed by atoms with Crippen LogP contribution >= 0.6 is 23.5 Å². The number of hydrogen-bond donors (Lipinski definition) is 0. The van der Waals surface area contributed by atoms with Gasteiger partial charge in [0.1, 0.15) is 0 Å². The Bertz CT molecular complexity index is 48.0. The van der Waals surface area contributed by atoms with Gasteiger partial charge in [0.25, 0.3) is 0 Å². The quantitative estimate of drug-likeness (QED) is 0.497. The van der Waals surface area contributed by atoms with Crippen molar-refractivity contribution in [1.82, 2.24) is 0 Å². The molecular weight excluding hydrogens is 124 g/mol. The molecule has 0 nitrogen and oxygen atoms in total. The first-order chi connectivity index (χ1) is 3.39. The monoisotopic (exact) mass is 133 g/mol. The minimum atomic E-state index is 0.876. The predicted octanol–water partition coefficient (Wildman–Crippen LogP) is 2.36. The Morgan fingerprint density at radius 1 is 1.71 bits per heavy atom. The van der Waals surface area contributed by atoms with Crippen molar-refractivity contribution in [2.45, 2.75) is 18.6 Å². The second kappa shape index (κ2) is 2.88. The van der Waals surface area contributed by atoms with E-state index in [0.717, 1.165) is 5.25 Å². The van der Waals surface area contributed by atoms with Crippen LogP contribution in [0.2, 0.25) is 0 Å². The summed E-state index contributed by atoms with van der Waals surface area (Å²) in [6.45, 7) is 2.28. The van der Waals surface area contributed by atoms with Gasteiger partial charge in [0, 0.05) is 5.25 Å². The van der Waals surface area contributed by atoms with Crippen molar-refractivity contribution in [2.75, 3.05) is 5.75 Å². The highest BCUT2D eigenvalue weighted by Gasteiger charge is 2.07. The Hall–Kier alpha value is 0.700. The molecule has 1 heterocycles. The second-order valence-corrected chi connectivity index (χ2v) is 4.29. The van der Waals surface area contributed by atoms with Gasteiger partial charge in [-0.1, -0.05) is 6.92 Å². The molecule has 0 aromatic heterocycles. The van der Waals surface area contributed by atoms with Crippen LogP contribution < -0.4 is 0 Å². The highest BCUT2D eigenvalue weighted by atomic mass is 32.2. The third-order valence-corrected chi connectivity index (χ3v) is 3.16. The minimum Gasteiger partial charge on any atom is -0.146 e. The fourth-order valence-corrected chi connectivity index (χ4v) is 2.83. The van der Waals surface area contributed by atoms with Gasteiger partial charge in [-0.2, -0.15) is 0 Å². The maximum atomic E-state index is 2.28. The van der Waals surface area contributed by atoms with Crippen molar-refractivity contribution in [2.24, 2.45) is 0 Å². The molecule has 1 unspecified atom stereocenters. The molecule has 7 heavy (non-hydrogen) atoms. The van der Waals surface area contributed by atoms with Crippen LogP contribution in [0.4, 0.5) is 0 Å². The van der Waals surface area contributed by atoms with E-state index in [9.17, 15) is 0 Å². The van der Waals surface area contributed by atoms with Crippen LogP contribution in [0.15, 0.2) is 0 Å². The minimum absolute atomic E-state index is 0.876. The summed E-state index contributed by atoms with van der Waals surface area (Å²) < 4.78 is 0. The van der Waals surface area contributed by atoms with Crippen molar-refractivity contribution in [1.29, 1.82) is 0 Å². The first-order valence-corrected chi connectivity index (χ1v) is 4.47. The summed E-state index contributed by atoms with van der Waals surface area (Å²) in [6, 6.07) is 0. The average molecular weight is 133 g/mol. The highest BCUT2D eigenvalue weighted by molar-refractivity contribution is 8.20. The number of hydrogen-bond acceptors (Lipinski definition) is 2. The molecule has 1 aliphatic rings. The lowest BCUT2D eigenvalue weighted by Crippen LogP contribution is -2.00. The van der Waals surface area contributed by atoms with Gasteiger partial charge >= 0.3 is 0 Å². The Balaban J connectivity index is 2.12. The summed E-state index contributed by atoms with van der Waals surface area (Å²) >= 11 is 3.89. The van der Waals surface area contributed by atoms with E-state index in [-0.39, 0.29) is 0 Å². The molecule has 2 heteroatoms. The molecule has 1 aliphatic heterocycles. The smallest absolute Gasteiger partial charge is 0.0715 e. The second-order valence-electron chi connectivity index (χ2n) is 1.70. The molecule has 1 rings (SSSR count). The standard InChI is InChI=1S/C5H9S2/c1-5-2-3-6-4-7-5/h4-5H,2-3H2,1H3. The van der Waals surface area contributed by atoms with Crippen molar-refractivity contribution < 1.29 is 0 Å². The Kier molecular flexibility index (Phi) is 2.40. The maximum absolute atomic E-state index is 2.28. The van der Waals surface area contributed by atoms with Crippen LogP contribution in [0.3, 0.4) is 0 Å².